The molecule has 0 saturated heterocycles. The van der Waals surface area contributed by atoms with Crippen LogP contribution in [0.2, 0.25) is 10.0 Å². The molecular weight excluding hydrogens is 457 g/mol. The Morgan fingerprint density at radius 1 is 1.10 bits per heavy atom. The summed E-state index contributed by atoms with van der Waals surface area (Å²) in [7, 11) is 1.59. The summed E-state index contributed by atoms with van der Waals surface area (Å²) in [5, 5.41) is 3.64. The Kier molecular flexibility index (Phi) is 7.59. The highest BCUT2D eigenvalue weighted by Crippen LogP contribution is 2.41. The van der Waals surface area contributed by atoms with Gasteiger partial charge in [0, 0.05) is 10.4 Å². The molecule has 2 aromatic carbocycles. The average molecular weight is 478 g/mol. The number of benzene rings is 2. The zero-order valence-electron chi connectivity index (χ0n) is 17.3. The molecule has 0 atom stereocenters. The van der Waals surface area contributed by atoms with E-state index in [0.29, 0.717) is 28.3 Å². The Morgan fingerprint density at radius 2 is 1.81 bits per heavy atom. The largest absolute Gasteiger partial charge is 0.497 e. The number of thiophene rings is 1. The number of rotatable bonds is 7. The normalized spacial score (nSPS) is 10.6. The van der Waals surface area contributed by atoms with Crippen LogP contribution in [0.1, 0.15) is 38.9 Å². The number of aryl methyl sites for hydroxylation is 1. The van der Waals surface area contributed by atoms with Gasteiger partial charge in [-0.15, -0.1) is 11.3 Å². The van der Waals surface area contributed by atoms with E-state index in [1.54, 1.807) is 25.3 Å². The highest BCUT2D eigenvalue weighted by molar-refractivity contribution is 7.17. The molecule has 3 rings (SSSR count). The summed E-state index contributed by atoms with van der Waals surface area (Å²) in [4.78, 5) is 26.7. The number of hydrogen-bond donors (Lipinski definition) is 1. The molecule has 0 aliphatic carbocycles. The maximum Gasteiger partial charge on any atom is 0.341 e. The van der Waals surface area contributed by atoms with Crippen molar-refractivity contribution >= 4 is 51.4 Å². The first-order chi connectivity index (χ1) is 14.9. The molecule has 1 aromatic heterocycles. The van der Waals surface area contributed by atoms with Gasteiger partial charge in [0.25, 0.3) is 5.91 Å². The second-order valence-electron chi connectivity index (χ2n) is 6.66. The van der Waals surface area contributed by atoms with E-state index in [-0.39, 0.29) is 22.2 Å². The number of nitrogens with one attached hydrogen (secondary N) is 1. The molecule has 0 radical (unpaired) electrons. The molecular formula is C23H21Cl2NO4S. The smallest absolute Gasteiger partial charge is 0.341 e. The van der Waals surface area contributed by atoms with Crippen LogP contribution >= 0.6 is 34.5 Å². The van der Waals surface area contributed by atoms with Crippen molar-refractivity contribution in [3.63, 3.8) is 0 Å². The summed E-state index contributed by atoms with van der Waals surface area (Å²) in [6.07, 6.45) is 0.687. The second-order valence-corrected chi connectivity index (χ2v) is 8.67. The molecule has 0 spiro atoms. The van der Waals surface area contributed by atoms with Gasteiger partial charge in [-0.2, -0.15) is 0 Å². The molecule has 1 amide bonds. The molecule has 31 heavy (non-hydrogen) atoms. The molecule has 0 aliphatic heterocycles. The lowest BCUT2D eigenvalue weighted by Gasteiger charge is -2.11. The number of amides is 1. The number of anilines is 1. The molecule has 0 fully saturated rings. The van der Waals surface area contributed by atoms with Gasteiger partial charge in [-0.3, -0.25) is 4.79 Å². The summed E-state index contributed by atoms with van der Waals surface area (Å²) >= 11 is 13.5. The van der Waals surface area contributed by atoms with Crippen molar-refractivity contribution in [1.82, 2.24) is 0 Å². The molecule has 5 nitrogen and oxygen atoms in total. The van der Waals surface area contributed by atoms with Crippen molar-refractivity contribution in [2.75, 3.05) is 19.0 Å². The predicted molar refractivity (Wildman–Crippen MR) is 126 cm³/mol. The first-order valence-corrected chi connectivity index (χ1v) is 11.1. The van der Waals surface area contributed by atoms with Gasteiger partial charge >= 0.3 is 5.97 Å². The van der Waals surface area contributed by atoms with Crippen molar-refractivity contribution in [2.24, 2.45) is 0 Å². The zero-order valence-corrected chi connectivity index (χ0v) is 19.6. The van der Waals surface area contributed by atoms with Crippen LogP contribution in [0.3, 0.4) is 0 Å². The van der Waals surface area contributed by atoms with Crippen LogP contribution in [-0.2, 0) is 4.74 Å². The maximum absolute atomic E-state index is 13.0. The van der Waals surface area contributed by atoms with E-state index in [1.165, 1.54) is 11.3 Å². The van der Waals surface area contributed by atoms with Crippen LogP contribution in [0.15, 0.2) is 42.5 Å². The first kappa shape index (κ1) is 23.1. The minimum absolute atomic E-state index is 0.153. The van der Waals surface area contributed by atoms with E-state index in [2.05, 4.69) is 5.32 Å². The van der Waals surface area contributed by atoms with E-state index in [0.717, 1.165) is 10.4 Å². The first-order valence-electron chi connectivity index (χ1n) is 9.57. The molecule has 162 valence electrons. The summed E-state index contributed by atoms with van der Waals surface area (Å²) < 4.78 is 10.6. The van der Waals surface area contributed by atoms with Crippen LogP contribution in [0.5, 0.6) is 5.75 Å². The van der Waals surface area contributed by atoms with Gasteiger partial charge in [0.15, 0.2) is 0 Å². The van der Waals surface area contributed by atoms with E-state index in [9.17, 15) is 9.59 Å². The van der Waals surface area contributed by atoms with Crippen molar-refractivity contribution in [3.05, 3.63) is 68.5 Å². The van der Waals surface area contributed by atoms with Crippen molar-refractivity contribution in [2.45, 2.75) is 20.3 Å². The average Bonchev–Trinajstić information content (AvgIpc) is 3.09. The lowest BCUT2D eigenvalue weighted by molar-refractivity contribution is 0.0507. The minimum Gasteiger partial charge on any atom is -0.497 e. The van der Waals surface area contributed by atoms with Crippen LogP contribution in [0, 0.1) is 6.92 Å². The highest BCUT2D eigenvalue weighted by atomic mass is 35.5. The third-order valence-corrected chi connectivity index (χ3v) is 6.37. The molecule has 0 unspecified atom stereocenters. The number of carbonyl (C=O) groups is 2. The number of esters is 1. The summed E-state index contributed by atoms with van der Waals surface area (Å²) in [6.45, 7) is 4.09. The Labute approximate surface area is 194 Å². The Balaban J connectivity index is 2.06. The number of ether oxygens (including phenoxy) is 2. The number of hydrogen-bond acceptors (Lipinski definition) is 5. The van der Waals surface area contributed by atoms with E-state index in [1.807, 2.05) is 38.1 Å². The topological polar surface area (TPSA) is 64.6 Å². The number of halogens is 2. The molecule has 1 heterocycles. The van der Waals surface area contributed by atoms with Gasteiger partial charge in [0.05, 0.1) is 29.3 Å². The van der Waals surface area contributed by atoms with Crippen LogP contribution < -0.4 is 10.1 Å². The Bertz CT molecular complexity index is 1110. The van der Waals surface area contributed by atoms with Crippen molar-refractivity contribution < 1.29 is 19.1 Å². The summed E-state index contributed by atoms with van der Waals surface area (Å²) in [5.41, 5.74) is 2.06. The van der Waals surface area contributed by atoms with Gasteiger partial charge in [0.1, 0.15) is 16.3 Å². The lowest BCUT2D eigenvalue weighted by Crippen LogP contribution is -2.15. The number of methoxy groups -OCH3 is 1. The summed E-state index contributed by atoms with van der Waals surface area (Å²) in [6, 6.07) is 12.2. The fourth-order valence-electron chi connectivity index (χ4n) is 3.05. The van der Waals surface area contributed by atoms with E-state index >= 15 is 0 Å². The zero-order chi connectivity index (χ0) is 22.5. The third kappa shape index (κ3) is 5.03. The molecule has 8 heteroatoms. The monoisotopic (exact) mass is 477 g/mol. The fourth-order valence-corrected chi connectivity index (χ4v) is 4.50. The van der Waals surface area contributed by atoms with Crippen molar-refractivity contribution in [3.8, 4) is 16.9 Å². The highest BCUT2D eigenvalue weighted by Gasteiger charge is 2.26. The molecule has 0 bridgehead atoms. The standard InChI is InChI=1S/C23H21Cl2NO4S/c1-4-12-30-23(28)19-18(14-8-10-15(29-3)11-9-14)13(2)31-22(19)26-21(27)16-6-5-7-17(24)20(16)25/h5-11H,4,12H2,1-3H3,(H,26,27). The van der Waals surface area contributed by atoms with E-state index in [4.69, 9.17) is 32.7 Å². The molecule has 0 saturated carbocycles. The number of carbonyl (C=O) groups excluding carboxylic acids is 2. The molecule has 3 aromatic rings. The summed E-state index contributed by atoms with van der Waals surface area (Å²) in [5.74, 6) is -0.250. The van der Waals surface area contributed by atoms with Gasteiger partial charge in [-0.05, 0) is 43.2 Å². The second kappa shape index (κ2) is 10.2. The van der Waals surface area contributed by atoms with Crippen LogP contribution in [0.25, 0.3) is 11.1 Å². The van der Waals surface area contributed by atoms with Gasteiger partial charge < -0.3 is 14.8 Å². The quantitative estimate of drug-likeness (QED) is 0.377. The van der Waals surface area contributed by atoms with Crippen LogP contribution in [0.4, 0.5) is 5.00 Å². The van der Waals surface area contributed by atoms with Crippen LogP contribution in [-0.4, -0.2) is 25.6 Å². The van der Waals surface area contributed by atoms with E-state index < -0.39 is 11.9 Å². The Morgan fingerprint density at radius 3 is 2.45 bits per heavy atom. The SMILES string of the molecule is CCCOC(=O)c1c(NC(=O)c2cccc(Cl)c2Cl)sc(C)c1-c1ccc(OC)cc1. The fraction of sp³-hybridized carbons (Fsp3) is 0.217. The van der Waals surface area contributed by atoms with Crippen molar-refractivity contribution in [1.29, 1.82) is 0 Å². The molecule has 1 N–H and O–H groups in total. The maximum atomic E-state index is 13.0. The third-order valence-electron chi connectivity index (χ3n) is 4.53. The van der Waals surface area contributed by atoms with Gasteiger partial charge in [0.2, 0.25) is 0 Å². The Hall–Kier alpha value is -2.54. The van der Waals surface area contributed by atoms with Gasteiger partial charge in [-0.25, -0.2) is 4.79 Å². The van der Waals surface area contributed by atoms with Gasteiger partial charge in [-0.1, -0.05) is 48.3 Å². The lowest BCUT2D eigenvalue weighted by atomic mass is 10.0. The molecule has 0 aliphatic rings. The predicted octanol–water partition coefficient (Wildman–Crippen LogP) is 6.86. The minimum atomic E-state index is -0.496.